The summed E-state index contributed by atoms with van der Waals surface area (Å²) in [4.78, 5) is 0. The van der Waals surface area contributed by atoms with Crippen LogP contribution in [0.15, 0.2) is 48.5 Å². The first-order valence-electron chi connectivity index (χ1n) is 6.78. The molecule has 1 saturated heterocycles. The molecule has 1 aliphatic rings. The molecule has 4 nitrogen and oxygen atoms in total. The number of benzene rings is 2. The van der Waals surface area contributed by atoms with Crippen molar-refractivity contribution in [2.45, 2.75) is 12.6 Å². The Balaban J connectivity index is 1.68. The molecule has 0 radical (unpaired) electrons. The maximum absolute atomic E-state index is 12.9. The van der Waals surface area contributed by atoms with Crippen molar-refractivity contribution in [2.75, 3.05) is 13.2 Å². The van der Waals surface area contributed by atoms with Crippen molar-refractivity contribution in [3.05, 3.63) is 60.2 Å². The van der Waals surface area contributed by atoms with Crippen LogP contribution in [0.1, 0.15) is 0 Å². The summed E-state index contributed by atoms with van der Waals surface area (Å²) >= 11 is 0. The van der Waals surface area contributed by atoms with Crippen LogP contribution in [0, 0.1) is 11.6 Å². The second-order valence-electron chi connectivity index (χ2n) is 4.62. The highest BCUT2D eigenvalue weighted by Crippen LogP contribution is 2.21. The smallest absolute Gasteiger partial charge is 0.263 e. The Labute approximate surface area is 126 Å². The second-order valence-corrected chi connectivity index (χ2v) is 4.62. The lowest BCUT2D eigenvalue weighted by atomic mass is 10.3. The maximum atomic E-state index is 12.9. The highest BCUT2D eigenvalue weighted by atomic mass is 19.1. The molecular weight excluding hydrogens is 294 g/mol. The number of ether oxygens (including phenoxy) is 4. The SMILES string of the molecule is Fc1ccc(O[C@H]2OCCO[C@@H]2Oc2ccc(F)cc2)cc1. The fourth-order valence-electron chi connectivity index (χ4n) is 1.96. The molecule has 2 aromatic rings. The molecule has 0 aromatic heterocycles. The zero-order valence-electron chi connectivity index (χ0n) is 11.6. The predicted octanol–water partition coefficient (Wildman–Crippen LogP) is 3.12. The van der Waals surface area contributed by atoms with E-state index in [1.54, 1.807) is 0 Å². The molecule has 0 N–H and O–H groups in total. The van der Waals surface area contributed by atoms with E-state index in [4.69, 9.17) is 18.9 Å². The van der Waals surface area contributed by atoms with Crippen molar-refractivity contribution in [3.63, 3.8) is 0 Å². The quantitative estimate of drug-likeness (QED) is 0.869. The van der Waals surface area contributed by atoms with Crippen LogP contribution < -0.4 is 9.47 Å². The molecule has 2 aromatic carbocycles. The van der Waals surface area contributed by atoms with Crippen LogP contribution in [0.25, 0.3) is 0 Å². The molecule has 1 aliphatic heterocycles. The first-order valence-corrected chi connectivity index (χ1v) is 6.78. The zero-order chi connectivity index (χ0) is 15.4. The van der Waals surface area contributed by atoms with Crippen molar-refractivity contribution in [3.8, 4) is 11.5 Å². The molecule has 0 aliphatic carbocycles. The van der Waals surface area contributed by atoms with Gasteiger partial charge in [0.05, 0.1) is 13.2 Å². The number of hydrogen-bond donors (Lipinski definition) is 0. The molecule has 0 saturated carbocycles. The molecule has 1 fully saturated rings. The van der Waals surface area contributed by atoms with E-state index in [0.717, 1.165) is 0 Å². The van der Waals surface area contributed by atoms with Gasteiger partial charge in [0.15, 0.2) is 0 Å². The summed E-state index contributed by atoms with van der Waals surface area (Å²) < 4.78 is 48.0. The van der Waals surface area contributed by atoms with Crippen molar-refractivity contribution >= 4 is 0 Å². The van der Waals surface area contributed by atoms with Gasteiger partial charge in [-0.05, 0) is 48.5 Å². The molecule has 6 heteroatoms. The summed E-state index contributed by atoms with van der Waals surface area (Å²) in [6.07, 6.45) is -1.60. The van der Waals surface area contributed by atoms with Gasteiger partial charge in [-0.3, -0.25) is 0 Å². The topological polar surface area (TPSA) is 36.9 Å². The van der Waals surface area contributed by atoms with Gasteiger partial charge >= 0.3 is 0 Å². The zero-order valence-corrected chi connectivity index (χ0v) is 11.6. The minimum absolute atomic E-state index is 0.354. The van der Waals surface area contributed by atoms with Crippen LogP contribution in [0.5, 0.6) is 11.5 Å². The number of hydrogen-bond acceptors (Lipinski definition) is 4. The van der Waals surface area contributed by atoms with Crippen LogP contribution in [0.3, 0.4) is 0 Å². The molecule has 1 heterocycles. The van der Waals surface area contributed by atoms with Gasteiger partial charge < -0.3 is 18.9 Å². The van der Waals surface area contributed by atoms with E-state index in [1.165, 1.54) is 48.5 Å². The van der Waals surface area contributed by atoms with Crippen molar-refractivity contribution in [1.29, 1.82) is 0 Å². The average Bonchev–Trinajstić information content (AvgIpc) is 2.54. The third-order valence-electron chi connectivity index (χ3n) is 3.00. The third kappa shape index (κ3) is 3.72. The Hall–Kier alpha value is -2.18. The van der Waals surface area contributed by atoms with Gasteiger partial charge in [0.2, 0.25) is 0 Å². The molecule has 0 unspecified atom stereocenters. The average molecular weight is 308 g/mol. The van der Waals surface area contributed by atoms with Crippen LogP contribution >= 0.6 is 0 Å². The lowest BCUT2D eigenvalue weighted by molar-refractivity contribution is -0.271. The molecule has 0 bridgehead atoms. The first kappa shape index (κ1) is 14.7. The summed E-state index contributed by atoms with van der Waals surface area (Å²) in [5.74, 6) is 0.161. The van der Waals surface area contributed by atoms with Gasteiger partial charge in [0, 0.05) is 0 Å². The largest absolute Gasteiger partial charge is 0.458 e. The van der Waals surface area contributed by atoms with E-state index < -0.39 is 12.6 Å². The van der Waals surface area contributed by atoms with Crippen LogP contribution in [0.2, 0.25) is 0 Å². The Bertz CT molecular complexity index is 545. The third-order valence-corrected chi connectivity index (χ3v) is 3.00. The van der Waals surface area contributed by atoms with E-state index in [2.05, 4.69) is 0 Å². The summed E-state index contributed by atoms with van der Waals surface area (Å²) in [5, 5.41) is 0. The van der Waals surface area contributed by atoms with E-state index in [9.17, 15) is 8.78 Å². The first-order chi connectivity index (χ1) is 10.7. The summed E-state index contributed by atoms with van der Waals surface area (Å²) in [6.45, 7) is 0.713. The van der Waals surface area contributed by atoms with Crippen LogP contribution in [-0.2, 0) is 9.47 Å². The normalized spacial score (nSPS) is 21.4. The standard InChI is InChI=1S/C16H14F2O4/c17-11-1-5-13(6-2-11)21-15-16(20-10-9-19-15)22-14-7-3-12(18)4-8-14/h1-8,15-16H,9-10H2/t15-,16-/m1/s1. The van der Waals surface area contributed by atoms with Crippen LogP contribution in [-0.4, -0.2) is 25.8 Å². The van der Waals surface area contributed by atoms with Gasteiger partial charge in [0.25, 0.3) is 12.6 Å². The minimum atomic E-state index is -0.802. The van der Waals surface area contributed by atoms with E-state index in [0.29, 0.717) is 24.7 Å². The van der Waals surface area contributed by atoms with Gasteiger partial charge in [0.1, 0.15) is 23.1 Å². The monoisotopic (exact) mass is 308 g/mol. The summed E-state index contributed by atoms with van der Waals surface area (Å²) in [6, 6.07) is 11.1. The summed E-state index contributed by atoms with van der Waals surface area (Å²) in [5.41, 5.74) is 0. The van der Waals surface area contributed by atoms with E-state index in [-0.39, 0.29) is 11.6 Å². The molecule has 3 rings (SSSR count). The van der Waals surface area contributed by atoms with Gasteiger partial charge in [-0.15, -0.1) is 0 Å². The predicted molar refractivity (Wildman–Crippen MR) is 73.5 cm³/mol. The maximum Gasteiger partial charge on any atom is 0.263 e. The van der Waals surface area contributed by atoms with Crippen molar-refractivity contribution < 1.29 is 27.7 Å². The van der Waals surface area contributed by atoms with Crippen molar-refractivity contribution in [2.24, 2.45) is 0 Å². The van der Waals surface area contributed by atoms with Gasteiger partial charge in [-0.1, -0.05) is 0 Å². The number of rotatable bonds is 4. The Kier molecular flexibility index (Phi) is 4.50. The second kappa shape index (κ2) is 6.72. The lowest BCUT2D eigenvalue weighted by Gasteiger charge is -2.31. The molecule has 0 amide bonds. The Morgan fingerprint density at radius 1 is 0.682 bits per heavy atom. The molecule has 116 valence electrons. The highest BCUT2D eigenvalue weighted by molar-refractivity contribution is 5.23. The van der Waals surface area contributed by atoms with E-state index >= 15 is 0 Å². The van der Waals surface area contributed by atoms with Gasteiger partial charge in [-0.25, -0.2) is 8.78 Å². The molecule has 2 atom stereocenters. The fraction of sp³-hybridized carbons (Fsp3) is 0.250. The molecule has 0 spiro atoms. The van der Waals surface area contributed by atoms with Gasteiger partial charge in [-0.2, -0.15) is 0 Å². The van der Waals surface area contributed by atoms with Crippen LogP contribution in [0.4, 0.5) is 8.78 Å². The minimum Gasteiger partial charge on any atom is -0.458 e. The highest BCUT2D eigenvalue weighted by Gasteiger charge is 2.31. The molecule has 22 heavy (non-hydrogen) atoms. The number of halogens is 2. The Morgan fingerprint density at radius 2 is 1.05 bits per heavy atom. The van der Waals surface area contributed by atoms with E-state index in [1.807, 2.05) is 0 Å². The van der Waals surface area contributed by atoms with Crippen molar-refractivity contribution in [1.82, 2.24) is 0 Å². The fourth-order valence-corrected chi connectivity index (χ4v) is 1.96. The Morgan fingerprint density at radius 3 is 1.41 bits per heavy atom. The summed E-state index contributed by atoms with van der Waals surface area (Å²) in [7, 11) is 0. The molecular formula is C16H14F2O4. The lowest BCUT2D eigenvalue weighted by Crippen LogP contribution is -2.45.